The zero-order valence-electron chi connectivity index (χ0n) is 11.8. The van der Waals surface area contributed by atoms with E-state index in [9.17, 15) is 4.79 Å². The number of piperazine rings is 1. The summed E-state index contributed by atoms with van der Waals surface area (Å²) in [4.78, 5) is 18.8. The van der Waals surface area contributed by atoms with Gasteiger partial charge < -0.3 is 9.32 Å². The maximum Gasteiger partial charge on any atom is 0.211 e. The van der Waals surface area contributed by atoms with Crippen molar-refractivity contribution >= 4 is 5.78 Å². The van der Waals surface area contributed by atoms with Crippen molar-refractivity contribution in [3.05, 3.63) is 24.2 Å². The zero-order chi connectivity index (χ0) is 13.7. The summed E-state index contributed by atoms with van der Waals surface area (Å²) in [7, 11) is 4.19. The number of furan rings is 1. The van der Waals surface area contributed by atoms with E-state index in [0.29, 0.717) is 12.3 Å². The largest absolute Gasteiger partial charge is 0.461 e. The maximum absolute atomic E-state index is 11.9. The first-order valence-electron chi connectivity index (χ1n) is 6.81. The summed E-state index contributed by atoms with van der Waals surface area (Å²) in [5.41, 5.74) is 0. The lowest BCUT2D eigenvalue weighted by atomic mass is 10.2. The molecule has 0 saturated carbocycles. The van der Waals surface area contributed by atoms with Gasteiger partial charge in [-0.15, -0.1) is 0 Å². The van der Waals surface area contributed by atoms with Crippen molar-refractivity contribution < 1.29 is 9.21 Å². The van der Waals surface area contributed by atoms with Gasteiger partial charge in [0.05, 0.1) is 12.8 Å². The number of carbonyl (C=O) groups excluding carboxylic acids is 1. The SMILES string of the molecule is CN(C)CCN1CCN(CC(=O)c2ccco2)CC1. The van der Waals surface area contributed by atoms with Crippen LogP contribution in [0, 0.1) is 0 Å². The molecule has 19 heavy (non-hydrogen) atoms. The van der Waals surface area contributed by atoms with E-state index in [0.717, 1.165) is 39.3 Å². The fourth-order valence-corrected chi connectivity index (χ4v) is 2.23. The highest BCUT2D eigenvalue weighted by atomic mass is 16.3. The molecule has 1 fully saturated rings. The molecule has 0 aromatic carbocycles. The van der Waals surface area contributed by atoms with E-state index in [4.69, 9.17) is 4.42 Å². The van der Waals surface area contributed by atoms with Gasteiger partial charge in [0.1, 0.15) is 0 Å². The quantitative estimate of drug-likeness (QED) is 0.706. The smallest absolute Gasteiger partial charge is 0.211 e. The third-order valence-electron chi connectivity index (χ3n) is 3.49. The van der Waals surface area contributed by atoms with Crippen LogP contribution in [0.25, 0.3) is 0 Å². The molecule has 0 bridgehead atoms. The summed E-state index contributed by atoms with van der Waals surface area (Å²) in [6.07, 6.45) is 1.55. The van der Waals surface area contributed by atoms with E-state index >= 15 is 0 Å². The monoisotopic (exact) mass is 265 g/mol. The lowest BCUT2D eigenvalue weighted by molar-refractivity contribution is 0.0820. The summed E-state index contributed by atoms with van der Waals surface area (Å²) in [6.45, 7) is 6.66. The van der Waals surface area contributed by atoms with Crippen LogP contribution in [0.4, 0.5) is 0 Å². The molecule has 0 amide bonds. The van der Waals surface area contributed by atoms with Crippen molar-refractivity contribution in [2.24, 2.45) is 0 Å². The van der Waals surface area contributed by atoms with Gasteiger partial charge in [0.15, 0.2) is 5.76 Å². The molecule has 1 aliphatic heterocycles. The summed E-state index contributed by atoms with van der Waals surface area (Å²) >= 11 is 0. The topological polar surface area (TPSA) is 39.9 Å². The van der Waals surface area contributed by atoms with E-state index in [-0.39, 0.29) is 5.78 Å². The summed E-state index contributed by atoms with van der Waals surface area (Å²) in [5.74, 6) is 0.543. The molecular weight excluding hydrogens is 242 g/mol. The number of rotatable bonds is 6. The van der Waals surface area contributed by atoms with Crippen LogP contribution in [0.1, 0.15) is 10.6 Å². The Hall–Kier alpha value is -1.17. The van der Waals surface area contributed by atoms with Gasteiger partial charge in [0, 0.05) is 39.3 Å². The molecule has 1 saturated heterocycles. The number of hydrogen-bond donors (Lipinski definition) is 0. The van der Waals surface area contributed by atoms with Crippen LogP contribution < -0.4 is 0 Å². The Kier molecular flexibility index (Phi) is 5.13. The van der Waals surface area contributed by atoms with E-state index in [1.165, 1.54) is 0 Å². The molecule has 0 N–H and O–H groups in total. The van der Waals surface area contributed by atoms with Crippen molar-refractivity contribution in [1.29, 1.82) is 0 Å². The molecule has 106 valence electrons. The van der Waals surface area contributed by atoms with Gasteiger partial charge in [-0.1, -0.05) is 0 Å². The second-order valence-electron chi connectivity index (χ2n) is 5.32. The van der Waals surface area contributed by atoms with Crippen LogP contribution in [0.3, 0.4) is 0 Å². The van der Waals surface area contributed by atoms with Crippen LogP contribution in [0.2, 0.25) is 0 Å². The Morgan fingerprint density at radius 3 is 2.53 bits per heavy atom. The predicted octanol–water partition coefficient (Wildman–Crippen LogP) is 0.642. The lowest BCUT2D eigenvalue weighted by Crippen LogP contribution is -2.49. The molecule has 5 nitrogen and oxygen atoms in total. The van der Waals surface area contributed by atoms with Gasteiger partial charge in [0.25, 0.3) is 0 Å². The molecule has 1 aliphatic rings. The minimum atomic E-state index is 0.0757. The maximum atomic E-state index is 11.9. The molecule has 0 atom stereocenters. The molecule has 0 unspecified atom stereocenters. The van der Waals surface area contributed by atoms with Crippen molar-refractivity contribution in [3.8, 4) is 0 Å². The Labute approximate surface area is 114 Å². The van der Waals surface area contributed by atoms with Crippen LogP contribution in [-0.2, 0) is 0 Å². The van der Waals surface area contributed by atoms with Gasteiger partial charge in [-0.05, 0) is 26.2 Å². The normalized spacial score (nSPS) is 18.1. The first-order valence-corrected chi connectivity index (χ1v) is 6.81. The Balaban J connectivity index is 1.70. The zero-order valence-corrected chi connectivity index (χ0v) is 11.8. The van der Waals surface area contributed by atoms with Gasteiger partial charge in [-0.3, -0.25) is 14.6 Å². The molecule has 5 heteroatoms. The average molecular weight is 265 g/mol. The van der Waals surface area contributed by atoms with Gasteiger partial charge in [-0.25, -0.2) is 0 Å². The van der Waals surface area contributed by atoms with Crippen LogP contribution >= 0.6 is 0 Å². The lowest BCUT2D eigenvalue weighted by Gasteiger charge is -2.34. The second kappa shape index (κ2) is 6.84. The number of hydrogen-bond acceptors (Lipinski definition) is 5. The van der Waals surface area contributed by atoms with Crippen molar-refractivity contribution in [2.75, 3.05) is 59.9 Å². The van der Waals surface area contributed by atoms with Crippen LogP contribution in [0.5, 0.6) is 0 Å². The third kappa shape index (κ3) is 4.45. The Morgan fingerprint density at radius 1 is 1.26 bits per heavy atom. The molecule has 2 rings (SSSR count). The minimum absolute atomic E-state index is 0.0757. The molecule has 0 spiro atoms. The van der Waals surface area contributed by atoms with Crippen molar-refractivity contribution in [1.82, 2.24) is 14.7 Å². The predicted molar refractivity (Wildman–Crippen MR) is 74.5 cm³/mol. The standard InChI is InChI=1S/C14H23N3O2/c1-15(2)5-6-16-7-9-17(10-8-16)12-13(18)14-4-3-11-19-14/h3-4,11H,5-10,12H2,1-2H3. The number of likely N-dealkylation sites (N-methyl/N-ethyl adjacent to an activating group) is 1. The first kappa shape index (κ1) is 14.2. The van der Waals surface area contributed by atoms with Crippen LogP contribution in [-0.4, -0.2) is 80.4 Å². The second-order valence-corrected chi connectivity index (χ2v) is 5.32. The van der Waals surface area contributed by atoms with Gasteiger partial charge in [0.2, 0.25) is 5.78 Å². The number of nitrogens with zero attached hydrogens (tertiary/aromatic N) is 3. The average Bonchev–Trinajstić information content (AvgIpc) is 2.92. The van der Waals surface area contributed by atoms with E-state index < -0.39 is 0 Å². The third-order valence-corrected chi connectivity index (χ3v) is 3.49. The fraction of sp³-hybridized carbons (Fsp3) is 0.643. The van der Waals surface area contributed by atoms with E-state index in [1.54, 1.807) is 18.4 Å². The first-order chi connectivity index (χ1) is 9.15. The highest BCUT2D eigenvalue weighted by Crippen LogP contribution is 2.06. The highest BCUT2D eigenvalue weighted by Gasteiger charge is 2.20. The number of Topliss-reactive ketones (excluding diaryl/α,β-unsaturated/α-hetero) is 1. The Morgan fingerprint density at radius 2 is 1.95 bits per heavy atom. The highest BCUT2D eigenvalue weighted by molar-refractivity contribution is 5.94. The summed E-state index contributed by atoms with van der Waals surface area (Å²) in [5, 5.41) is 0. The number of carbonyl (C=O) groups is 1. The Bertz CT molecular complexity index is 381. The molecule has 0 aliphatic carbocycles. The number of ketones is 1. The molecule has 1 aromatic rings. The van der Waals surface area contributed by atoms with Crippen molar-refractivity contribution in [2.45, 2.75) is 0 Å². The van der Waals surface area contributed by atoms with Crippen LogP contribution in [0.15, 0.2) is 22.8 Å². The van der Waals surface area contributed by atoms with E-state index in [2.05, 4.69) is 28.8 Å². The van der Waals surface area contributed by atoms with E-state index in [1.807, 2.05) is 0 Å². The fourth-order valence-electron chi connectivity index (χ4n) is 2.23. The molecular formula is C14H23N3O2. The molecule has 2 heterocycles. The summed E-state index contributed by atoms with van der Waals surface area (Å²) in [6, 6.07) is 3.49. The van der Waals surface area contributed by atoms with Gasteiger partial charge in [-0.2, -0.15) is 0 Å². The molecule has 1 aromatic heterocycles. The minimum Gasteiger partial charge on any atom is -0.461 e. The van der Waals surface area contributed by atoms with Gasteiger partial charge >= 0.3 is 0 Å². The summed E-state index contributed by atoms with van der Waals surface area (Å²) < 4.78 is 5.13. The molecule has 0 radical (unpaired) electrons. The van der Waals surface area contributed by atoms with Crippen molar-refractivity contribution in [3.63, 3.8) is 0 Å².